The Morgan fingerprint density at radius 2 is 2.54 bits per heavy atom. The van der Waals surface area contributed by atoms with Crippen LogP contribution in [0.4, 0.5) is 5.69 Å². The van der Waals surface area contributed by atoms with Gasteiger partial charge in [-0.05, 0) is 22.0 Å². The zero-order valence-electron chi connectivity index (χ0n) is 6.51. The molecule has 1 aromatic rings. The number of methoxy groups -OCH3 is 1. The van der Waals surface area contributed by atoms with Crippen LogP contribution in [0.3, 0.4) is 0 Å². The van der Waals surface area contributed by atoms with Crippen LogP contribution in [-0.4, -0.2) is 12.2 Å². The molecular weight excluding hydrogens is 198 g/mol. The van der Waals surface area contributed by atoms with E-state index in [2.05, 4.69) is 19.9 Å². The first-order chi connectivity index (χ1) is 6.19. The topological polar surface area (TPSA) is 97.8 Å². The molecule has 8 heteroatoms. The summed E-state index contributed by atoms with van der Waals surface area (Å²) < 4.78 is 4.68. The van der Waals surface area contributed by atoms with Crippen LogP contribution in [0.25, 0.3) is 10.4 Å². The number of hydrogen-bond donors (Lipinski definition) is 0. The molecule has 0 bridgehead atoms. The third-order valence-corrected chi connectivity index (χ3v) is 1.44. The summed E-state index contributed by atoms with van der Waals surface area (Å²) in [4.78, 5) is 2.68. The lowest BCUT2D eigenvalue weighted by Crippen LogP contribution is -2.32. The summed E-state index contributed by atoms with van der Waals surface area (Å²) in [7, 11) is 1.30. The third kappa shape index (κ3) is 1.90. The lowest BCUT2D eigenvalue weighted by atomic mass is 10.5. The second kappa shape index (κ2) is 3.79. The first-order valence-electron chi connectivity index (χ1n) is 3.08. The normalized spacial score (nSPS) is 9.08. The van der Waals surface area contributed by atoms with Crippen molar-refractivity contribution in [3.8, 4) is 5.88 Å². The molecule has 0 aliphatic carbocycles. The molecule has 68 valence electrons. The Morgan fingerprint density at radius 3 is 3.08 bits per heavy atom. The smallest absolute Gasteiger partial charge is 0.314 e. The van der Waals surface area contributed by atoms with Crippen LogP contribution >= 0.6 is 11.6 Å². The van der Waals surface area contributed by atoms with Gasteiger partial charge in [0.15, 0.2) is 0 Å². The molecular formula is C5H4ClN5O2. The summed E-state index contributed by atoms with van der Waals surface area (Å²) in [6.07, 6.45) is 0. The van der Waals surface area contributed by atoms with Crippen molar-refractivity contribution in [3.63, 3.8) is 0 Å². The Kier molecular flexibility index (Phi) is 2.73. The molecule has 13 heavy (non-hydrogen) atoms. The average molecular weight is 202 g/mol. The maximum Gasteiger partial charge on any atom is 0.314 e. The van der Waals surface area contributed by atoms with Gasteiger partial charge in [-0.1, -0.05) is 5.11 Å². The summed E-state index contributed by atoms with van der Waals surface area (Å²) in [5, 5.41) is 17.2. The Morgan fingerprint density at radius 1 is 1.85 bits per heavy atom. The number of azide groups is 1. The minimum atomic E-state index is -0.191. The molecule has 0 saturated heterocycles. The van der Waals surface area contributed by atoms with Crippen LogP contribution in [-0.2, 0) is 0 Å². The van der Waals surface area contributed by atoms with Crippen LogP contribution < -0.4 is 9.58 Å². The Balaban J connectivity index is 3.32. The zero-order chi connectivity index (χ0) is 9.84. The minimum absolute atomic E-state index is 0.0714. The average Bonchev–Trinajstić information content (AvgIpc) is 2.11. The van der Waals surface area contributed by atoms with E-state index >= 15 is 0 Å². The van der Waals surface area contributed by atoms with Crippen molar-refractivity contribution in [2.45, 2.75) is 0 Å². The lowest BCUT2D eigenvalue weighted by molar-refractivity contribution is -0.667. The van der Waals surface area contributed by atoms with E-state index in [0.717, 1.165) is 0 Å². The van der Waals surface area contributed by atoms with Crippen LogP contribution in [0.2, 0.25) is 5.15 Å². The molecule has 0 amide bonds. The van der Waals surface area contributed by atoms with Gasteiger partial charge in [0.1, 0.15) is 5.69 Å². The van der Waals surface area contributed by atoms with E-state index < -0.39 is 0 Å². The maximum atomic E-state index is 10.8. The molecule has 0 saturated carbocycles. The van der Waals surface area contributed by atoms with Gasteiger partial charge in [0.25, 0.3) is 5.88 Å². The highest BCUT2D eigenvalue weighted by Crippen LogP contribution is 2.24. The van der Waals surface area contributed by atoms with Gasteiger partial charge in [-0.15, -0.1) is 0 Å². The molecule has 0 spiro atoms. The van der Waals surface area contributed by atoms with Crippen molar-refractivity contribution in [2.75, 3.05) is 7.11 Å². The van der Waals surface area contributed by atoms with Crippen molar-refractivity contribution in [2.24, 2.45) is 5.11 Å². The van der Waals surface area contributed by atoms with Crippen molar-refractivity contribution >= 4 is 17.3 Å². The molecule has 7 nitrogen and oxygen atoms in total. The van der Waals surface area contributed by atoms with E-state index in [4.69, 9.17) is 17.1 Å². The molecule has 0 aliphatic heterocycles. The Hall–Kier alpha value is -1.72. The zero-order valence-corrected chi connectivity index (χ0v) is 7.26. The molecule has 1 rings (SSSR count). The van der Waals surface area contributed by atoms with Gasteiger partial charge < -0.3 is 9.94 Å². The summed E-state index contributed by atoms with van der Waals surface area (Å²) in [5.41, 5.74) is 8.22. The van der Waals surface area contributed by atoms with Crippen molar-refractivity contribution < 1.29 is 9.58 Å². The van der Waals surface area contributed by atoms with Gasteiger partial charge in [0.05, 0.1) is 12.2 Å². The SMILES string of the molecule is COc1n[n+]([O-])c(Cl)cc1N=[N+]=[N-]. The van der Waals surface area contributed by atoms with E-state index in [9.17, 15) is 5.21 Å². The highest BCUT2D eigenvalue weighted by Gasteiger charge is 2.12. The first kappa shape index (κ1) is 9.37. The number of aromatic nitrogens is 2. The molecule has 1 aromatic heterocycles. The van der Waals surface area contributed by atoms with Crippen LogP contribution in [0.15, 0.2) is 11.2 Å². The van der Waals surface area contributed by atoms with E-state index in [-0.39, 0.29) is 21.6 Å². The molecule has 0 aromatic carbocycles. The van der Waals surface area contributed by atoms with E-state index in [0.29, 0.717) is 0 Å². The highest BCUT2D eigenvalue weighted by atomic mass is 35.5. The molecule has 1 heterocycles. The molecule has 0 radical (unpaired) electrons. The third-order valence-electron chi connectivity index (χ3n) is 1.19. The van der Waals surface area contributed by atoms with Crippen LogP contribution in [0.5, 0.6) is 5.88 Å². The summed E-state index contributed by atoms with van der Waals surface area (Å²) >= 11 is 5.43. The Bertz CT molecular complexity index is 375. The monoisotopic (exact) mass is 201 g/mol. The van der Waals surface area contributed by atoms with Crippen molar-refractivity contribution in [3.05, 3.63) is 26.9 Å². The predicted molar refractivity (Wildman–Crippen MR) is 43.6 cm³/mol. The Labute approximate surface area is 77.7 Å². The predicted octanol–water partition coefficient (Wildman–Crippen LogP) is 1.32. The van der Waals surface area contributed by atoms with Gasteiger partial charge in [0, 0.05) is 11.0 Å². The molecule has 0 fully saturated rings. The van der Waals surface area contributed by atoms with Gasteiger partial charge in [-0.25, -0.2) is 0 Å². The van der Waals surface area contributed by atoms with Crippen molar-refractivity contribution in [1.29, 1.82) is 0 Å². The van der Waals surface area contributed by atoms with Crippen molar-refractivity contribution in [1.82, 2.24) is 5.10 Å². The fourth-order valence-corrected chi connectivity index (χ4v) is 0.818. The number of ether oxygens (including phenoxy) is 1. The van der Waals surface area contributed by atoms with Gasteiger partial charge in [-0.3, -0.25) is 0 Å². The number of hydrogen-bond acceptors (Lipinski definition) is 4. The number of halogens is 1. The molecule has 0 N–H and O–H groups in total. The van der Waals surface area contributed by atoms with Gasteiger partial charge >= 0.3 is 5.15 Å². The van der Waals surface area contributed by atoms with E-state index in [1.54, 1.807) is 0 Å². The summed E-state index contributed by atoms with van der Waals surface area (Å²) in [6, 6.07) is 1.17. The van der Waals surface area contributed by atoms with Crippen LogP contribution in [0, 0.1) is 5.21 Å². The second-order valence-corrected chi connectivity index (χ2v) is 2.31. The first-order valence-corrected chi connectivity index (χ1v) is 3.46. The van der Waals surface area contributed by atoms with Gasteiger partial charge in [-0.2, -0.15) is 0 Å². The van der Waals surface area contributed by atoms with E-state index in [1.807, 2.05) is 0 Å². The van der Waals surface area contributed by atoms with Crippen LogP contribution in [0.1, 0.15) is 0 Å². The quantitative estimate of drug-likeness (QED) is 0.237. The minimum Gasteiger partial charge on any atom is -0.593 e. The standard InChI is InChI=1S/C5H4ClN5O2/c1-13-5-3(8-10-7)2-4(6)11(12)9-5/h2H,1H3. The lowest BCUT2D eigenvalue weighted by Gasteiger charge is -2.01. The number of nitrogens with zero attached hydrogens (tertiary/aromatic N) is 5. The van der Waals surface area contributed by atoms with E-state index in [1.165, 1.54) is 13.2 Å². The molecule has 0 unspecified atom stereocenters. The largest absolute Gasteiger partial charge is 0.593 e. The van der Waals surface area contributed by atoms with Gasteiger partial charge in [0.2, 0.25) is 0 Å². The molecule has 0 atom stereocenters. The fraction of sp³-hybridized carbons (Fsp3) is 0.200. The fourth-order valence-electron chi connectivity index (χ4n) is 0.676. The number of rotatable bonds is 2. The highest BCUT2D eigenvalue weighted by molar-refractivity contribution is 6.28. The summed E-state index contributed by atoms with van der Waals surface area (Å²) in [6.45, 7) is 0. The summed E-state index contributed by atoms with van der Waals surface area (Å²) in [5.74, 6) is -0.0720. The second-order valence-electron chi connectivity index (χ2n) is 1.92. The molecule has 0 aliphatic rings. The maximum absolute atomic E-state index is 10.8.